The molecule has 1 saturated heterocycles. The molecule has 3 aromatic rings. The minimum Gasteiger partial charge on any atom is -0.348 e. The van der Waals surface area contributed by atoms with Crippen LogP contribution in [-0.4, -0.2) is 13.2 Å². The first-order chi connectivity index (χ1) is 19.4. The molecule has 1 aliphatic heterocycles. The van der Waals surface area contributed by atoms with E-state index in [9.17, 15) is 8.78 Å². The van der Waals surface area contributed by atoms with Gasteiger partial charge < -0.3 is 9.47 Å². The molecule has 40 heavy (non-hydrogen) atoms. The zero-order valence-electron chi connectivity index (χ0n) is 23.3. The number of ether oxygens (including phenoxy) is 2. The van der Waals surface area contributed by atoms with Crippen molar-refractivity contribution in [1.82, 2.24) is 0 Å². The highest BCUT2D eigenvalue weighted by Gasteiger charge is 2.28. The quantitative estimate of drug-likeness (QED) is 0.126. The van der Waals surface area contributed by atoms with Crippen LogP contribution in [0.3, 0.4) is 0 Å². The van der Waals surface area contributed by atoms with Crippen molar-refractivity contribution in [3.63, 3.8) is 0 Å². The van der Waals surface area contributed by atoms with Gasteiger partial charge >= 0.3 is 0 Å². The van der Waals surface area contributed by atoms with Gasteiger partial charge in [-0.05, 0) is 49.3 Å². The molecular weight excluding hydrogens is 516 g/mol. The summed E-state index contributed by atoms with van der Waals surface area (Å²) in [5.41, 5.74) is 1.48. The fourth-order valence-electron chi connectivity index (χ4n) is 5.11. The maximum atomic E-state index is 15.1. The van der Waals surface area contributed by atoms with Crippen LogP contribution in [0.5, 0.6) is 0 Å². The van der Waals surface area contributed by atoms with Gasteiger partial charge in [0.15, 0.2) is 29.6 Å². The van der Waals surface area contributed by atoms with Crippen LogP contribution in [0.2, 0.25) is 0 Å². The Labute approximate surface area is 235 Å². The third-order valence-corrected chi connectivity index (χ3v) is 7.53. The van der Waals surface area contributed by atoms with Crippen LogP contribution in [0.15, 0.2) is 60.7 Å². The van der Waals surface area contributed by atoms with E-state index in [1.165, 1.54) is 12.1 Å². The summed E-state index contributed by atoms with van der Waals surface area (Å²) in [6, 6.07) is 12.5. The Morgan fingerprint density at radius 1 is 0.725 bits per heavy atom. The molecule has 1 heterocycles. The van der Waals surface area contributed by atoms with Crippen molar-refractivity contribution < 1.29 is 27.0 Å². The van der Waals surface area contributed by atoms with Crippen LogP contribution < -0.4 is 0 Å². The topological polar surface area (TPSA) is 18.5 Å². The van der Waals surface area contributed by atoms with E-state index in [1.54, 1.807) is 36.4 Å². The largest absolute Gasteiger partial charge is 0.348 e. The molecule has 3 aromatic carbocycles. The lowest BCUT2D eigenvalue weighted by Gasteiger charge is -2.29. The molecule has 214 valence electrons. The van der Waals surface area contributed by atoms with E-state index < -0.39 is 29.6 Å². The molecule has 0 saturated carbocycles. The molecule has 4 rings (SSSR count). The van der Waals surface area contributed by atoms with Gasteiger partial charge in [-0.15, -0.1) is 0 Å². The summed E-state index contributed by atoms with van der Waals surface area (Å²) in [6.07, 6.45) is 10.6. The minimum absolute atomic E-state index is 0.0211. The predicted octanol–water partition coefficient (Wildman–Crippen LogP) is 10.1. The molecule has 1 aliphatic rings. The molecule has 6 heteroatoms. The average Bonchev–Trinajstić information content (AvgIpc) is 2.97. The maximum Gasteiger partial charge on any atom is 0.186 e. The van der Waals surface area contributed by atoms with Crippen molar-refractivity contribution in [1.29, 1.82) is 0 Å². The highest BCUT2D eigenvalue weighted by molar-refractivity contribution is 5.71. The number of hydrogen-bond acceptors (Lipinski definition) is 2. The molecule has 0 spiro atoms. The molecule has 1 fully saturated rings. The third-order valence-electron chi connectivity index (χ3n) is 7.53. The van der Waals surface area contributed by atoms with Gasteiger partial charge in [0.25, 0.3) is 0 Å². The first-order valence-corrected chi connectivity index (χ1v) is 14.3. The summed E-state index contributed by atoms with van der Waals surface area (Å²) in [5.74, 6) is -3.53. The number of benzene rings is 3. The summed E-state index contributed by atoms with van der Waals surface area (Å²) in [6.45, 7) is 4.94. The Bertz CT molecular complexity index is 1280. The third kappa shape index (κ3) is 7.21. The molecule has 0 bridgehead atoms. The number of hydrogen-bond donors (Lipinski definition) is 0. The summed E-state index contributed by atoms with van der Waals surface area (Å²) in [7, 11) is 0. The Morgan fingerprint density at radius 3 is 1.95 bits per heavy atom. The van der Waals surface area contributed by atoms with E-state index in [0.717, 1.165) is 44.9 Å². The number of aryl methyl sites for hydroxylation is 1. The van der Waals surface area contributed by atoms with Gasteiger partial charge in [-0.1, -0.05) is 93.3 Å². The van der Waals surface area contributed by atoms with Crippen LogP contribution in [0.25, 0.3) is 22.3 Å². The Kier molecular flexibility index (Phi) is 11.0. The molecule has 0 aliphatic carbocycles. The minimum atomic E-state index is -1.02. The zero-order chi connectivity index (χ0) is 28.5. The van der Waals surface area contributed by atoms with E-state index in [1.807, 2.05) is 13.0 Å². The van der Waals surface area contributed by atoms with Crippen molar-refractivity contribution in [3.05, 3.63) is 95.1 Å². The van der Waals surface area contributed by atoms with Gasteiger partial charge in [-0.25, -0.2) is 17.6 Å². The highest BCUT2D eigenvalue weighted by Crippen LogP contribution is 2.35. The zero-order valence-corrected chi connectivity index (χ0v) is 23.3. The summed E-state index contributed by atoms with van der Waals surface area (Å²) < 4.78 is 71.3. The lowest BCUT2D eigenvalue weighted by Crippen LogP contribution is -2.27. The van der Waals surface area contributed by atoms with Crippen molar-refractivity contribution in [2.24, 2.45) is 5.92 Å². The van der Waals surface area contributed by atoms with Gasteiger partial charge in [0.2, 0.25) is 0 Å². The van der Waals surface area contributed by atoms with E-state index in [4.69, 9.17) is 9.47 Å². The second kappa shape index (κ2) is 14.6. The molecular formula is C34H38F4O2. The number of allylic oxidation sites excluding steroid dienone is 2. The highest BCUT2D eigenvalue weighted by atomic mass is 19.2. The van der Waals surface area contributed by atoms with Crippen LogP contribution in [0.1, 0.15) is 76.2 Å². The maximum absolute atomic E-state index is 15.1. The van der Waals surface area contributed by atoms with Gasteiger partial charge in [-0.3, -0.25) is 0 Å². The summed E-state index contributed by atoms with van der Waals surface area (Å²) in [5, 5.41) is 0. The van der Waals surface area contributed by atoms with Crippen LogP contribution in [0.4, 0.5) is 17.6 Å². The molecule has 0 unspecified atom stereocenters. The second-order valence-electron chi connectivity index (χ2n) is 10.5. The van der Waals surface area contributed by atoms with Crippen molar-refractivity contribution >= 4 is 0 Å². The standard InChI is InChI=1S/C34H38F4O2/c1-3-5-7-8-10-12-26-17-18-27(31(36)30(26)35)24-13-15-25(16-14-24)28-19-20-29(33(38)32(28)37)34-39-21-23(22-40-34)11-9-6-4-2/h4,6,13-20,23,34H,3,5,7-12,21-22H2,1-2H3. The molecule has 0 N–H and O–H groups in total. The number of unbranched alkanes of at least 4 members (excludes halogenated alkanes) is 4. The van der Waals surface area contributed by atoms with Crippen LogP contribution >= 0.6 is 0 Å². The van der Waals surface area contributed by atoms with Crippen molar-refractivity contribution in [2.75, 3.05) is 13.2 Å². The van der Waals surface area contributed by atoms with Crippen molar-refractivity contribution in [3.8, 4) is 22.3 Å². The molecule has 0 radical (unpaired) electrons. The van der Waals surface area contributed by atoms with Gasteiger partial charge in [0.05, 0.1) is 13.2 Å². The Balaban J connectivity index is 1.44. The molecule has 0 aromatic heterocycles. The fraction of sp³-hybridized carbons (Fsp3) is 0.412. The molecule has 0 amide bonds. The van der Waals surface area contributed by atoms with E-state index in [2.05, 4.69) is 13.0 Å². The summed E-state index contributed by atoms with van der Waals surface area (Å²) >= 11 is 0. The lowest BCUT2D eigenvalue weighted by atomic mass is 9.96. The first kappa shape index (κ1) is 30.0. The number of halogens is 4. The lowest BCUT2D eigenvalue weighted by molar-refractivity contribution is -0.207. The first-order valence-electron chi connectivity index (χ1n) is 14.3. The smallest absolute Gasteiger partial charge is 0.186 e. The Hall–Kier alpha value is -2.96. The fourth-order valence-corrected chi connectivity index (χ4v) is 5.11. The van der Waals surface area contributed by atoms with Crippen LogP contribution in [-0.2, 0) is 15.9 Å². The molecule has 2 nitrogen and oxygen atoms in total. The van der Waals surface area contributed by atoms with Gasteiger partial charge in [0.1, 0.15) is 0 Å². The average molecular weight is 555 g/mol. The monoisotopic (exact) mass is 554 g/mol. The normalized spacial score (nSPS) is 17.6. The van der Waals surface area contributed by atoms with E-state index in [0.29, 0.717) is 36.3 Å². The summed E-state index contributed by atoms with van der Waals surface area (Å²) in [4.78, 5) is 0. The van der Waals surface area contributed by atoms with E-state index >= 15 is 8.78 Å². The van der Waals surface area contributed by atoms with Crippen LogP contribution in [0, 0.1) is 29.2 Å². The van der Waals surface area contributed by atoms with Crippen molar-refractivity contribution in [2.45, 2.75) is 71.5 Å². The Morgan fingerprint density at radius 2 is 1.32 bits per heavy atom. The number of rotatable bonds is 12. The van der Waals surface area contributed by atoms with Gasteiger partial charge in [0, 0.05) is 22.6 Å². The van der Waals surface area contributed by atoms with Gasteiger partial charge in [-0.2, -0.15) is 0 Å². The predicted molar refractivity (Wildman–Crippen MR) is 152 cm³/mol. The van der Waals surface area contributed by atoms with E-state index in [-0.39, 0.29) is 22.6 Å². The SMILES string of the molecule is CC=CCCC1COC(c2ccc(-c3ccc(-c4ccc(CCCCCCC)c(F)c4F)cc3)c(F)c2F)OC1. The molecule has 0 atom stereocenters. The second-order valence-corrected chi connectivity index (χ2v) is 10.5.